The summed E-state index contributed by atoms with van der Waals surface area (Å²) in [5.74, 6) is -0.343. The molecule has 112 valence electrons. The Morgan fingerprint density at radius 2 is 1.59 bits per heavy atom. The van der Waals surface area contributed by atoms with Gasteiger partial charge in [0.25, 0.3) is 0 Å². The Morgan fingerprint density at radius 1 is 1.00 bits per heavy atom. The number of rotatable bonds is 5. The zero-order chi connectivity index (χ0) is 15.4. The number of hydrogen-bond donors (Lipinski definition) is 0. The van der Waals surface area contributed by atoms with E-state index in [2.05, 4.69) is 0 Å². The number of carbonyl (C=O) groups is 2. The molecule has 1 unspecified atom stereocenters. The zero-order valence-electron chi connectivity index (χ0n) is 12.1. The van der Waals surface area contributed by atoms with Gasteiger partial charge in [-0.2, -0.15) is 0 Å². The normalized spacial score (nSPS) is 17.0. The first-order valence-electron chi connectivity index (χ1n) is 7.28. The zero-order valence-corrected chi connectivity index (χ0v) is 12.1. The first kappa shape index (κ1) is 14.3. The predicted molar refractivity (Wildman–Crippen MR) is 81.6 cm³/mol. The van der Waals surface area contributed by atoms with Crippen molar-refractivity contribution in [1.29, 1.82) is 0 Å². The van der Waals surface area contributed by atoms with Crippen molar-refractivity contribution in [2.24, 2.45) is 0 Å². The van der Waals surface area contributed by atoms with Crippen molar-refractivity contribution in [2.45, 2.75) is 25.6 Å². The molecular formula is C18H17NO3. The summed E-state index contributed by atoms with van der Waals surface area (Å²) in [5.41, 5.74) is 1.95. The summed E-state index contributed by atoms with van der Waals surface area (Å²) in [6, 6.07) is 18.7. The van der Waals surface area contributed by atoms with Gasteiger partial charge in [0.05, 0.1) is 6.42 Å². The summed E-state index contributed by atoms with van der Waals surface area (Å²) in [6.45, 7) is 0.689. The third-order valence-corrected chi connectivity index (χ3v) is 3.76. The van der Waals surface area contributed by atoms with Gasteiger partial charge < -0.3 is 9.64 Å². The van der Waals surface area contributed by atoms with E-state index in [4.69, 9.17) is 4.74 Å². The van der Waals surface area contributed by atoms with Crippen molar-refractivity contribution in [3.05, 3.63) is 71.8 Å². The second-order valence-corrected chi connectivity index (χ2v) is 5.32. The number of nitrogens with zero attached hydrogens (tertiary/aromatic N) is 1. The highest BCUT2D eigenvalue weighted by Gasteiger charge is 2.42. The molecule has 0 radical (unpaired) electrons. The van der Waals surface area contributed by atoms with E-state index < -0.39 is 6.04 Å². The first-order chi connectivity index (χ1) is 10.7. The fourth-order valence-electron chi connectivity index (χ4n) is 2.47. The number of benzene rings is 2. The molecule has 22 heavy (non-hydrogen) atoms. The summed E-state index contributed by atoms with van der Waals surface area (Å²) in [4.78, 5) is 25.4. The minimum atomic E-state index is -0.462. The van der Waals surface area contributed by atoms with Crippen LogP contribution in [-0.2, 0) is 27.5 Å². The van der Waals surface area contributed by atoms with Crippen LogP contribution in [0.4, 0.5) is 0 Å². The van der Waals surface area contributed by atoms with Crippen LogP contribution in [0, 0.1) is 0 Å². The molecule has 2 aromatic carbocycles. The summed E-state index contributed by atoms with van der Waals surface area (Å²) in [6.07, 6.45) is 0.237. The molecule has 1 aliphatic rings. The minimum Gasteiger partial charge on any atom is -0.459 e. The van der Waals surface area contributed by atoms with Crippen LogP contribution in [0.1, 0.15) is 17.5 Å². The van der Waals surface area contributed by atoms with Crippen molar-refractivity contribution in [3.8, 4) is 0 Å². The largest absolute Gasteiger partial charge is 0.459 e. The van der Waals surface area contributed by atoms with Gasteiger partial charge in [0, 0.05) is 6.54 Å². The van der Waals surface area contributed by atoms with Gasteiger partial charge in [-0.3, -0.25) is 4.79 Å². The predicted octanol–water partition coefficient (Wildman–Crippen LogP) is 2.53. The average molecular weight is 295 g/mol. The van der Waals surface area contributed by atoms with Crippen LogP contribution in [0.15, 0.2) is 60.7 Å². The Hall–Kier alpha value is -2.62. The molecule has 1 amide bonds. The van der Waals surface area contributed by atoms with Crippen molar-refractivity contribution >= 4 is 11.9 Å². The van der Waals surface area contributed by atoms with E-state index >= 15 is 0 Å². The van der Waals surface area contributed by atoms with Crippen LogP contribution in [-0.4, -0.2) is 22.8 Å². The molecule has 1 saturated heterocycles. The van der Waals surface area contributed by atoms with Gasteiger partial charge in [-0.15, -0.1) is 0 Å². The van der Waals surface area contributed by atoms with Crippen LogP contribution < -0.4 is 0 Å². The van der Waals surface area contributed by atoms with Crippen LogP contribution in [0.5, 0.6) is 0 Å². The Morgan fingerprint density at radius 3 is 2.18 bits per heavy atom. The van der Waals surface area contributed by atoms with Gasteiger partial charge in [-0.25, -0.2) is 4.79 Å². The SMILES string of the molecule is O=C(OCc1ccccc1)C1CC(=O)N1Cc1ccccc1. The van der Waals surface area contributed by atoms with E-state index in [1.54, 1.807) is 4.90 Å². The highest BCUT2D eigenvalue weighted by molar-refractivity contribution is 5.94. The summed E-state index contributed by atoms with van der Waals surface area (Å²) in [5, 5.41) is 0. The molecule has 3 rings (SSSR count). The molecule has 4 heteroatoms. The molecule has 0 aromatic heterocycles. The lowest BCUT2D eigenvalue weighted by Crippen LogP contribution is -2.56. The summed E-state index contributed by atoms with van der Waals surface area (Å²) in [7, 11) is 0. The van der Waals surface area contributed by atoms with E-state index in [0.717, 1.165) is 11.1 Å². The van der Waals surface area contributed by atoms with Gasteiger partial charge in [0.2, 0.25) is 5.91 Å². The Balaban J connectivity index is 1.57. The van der Waals surface area contributed by atoms with Gasteiger partial charge in [-0.05, 0) is 11.1 Å². The molecule has 0 saturated carbocycles. The van der Waals surface area contributed by atoms with Gasteiger partial charge in [0.1, 0.15) is 12.6 Å². The lowest BCUT2D eigenvalue weighted by atomic mass is 10.0. The Kier molecular flexibility index (Phi) is 4.19. The second kappa shape index (κ2) is 6.43. The molecule has 2 aromatic rings. The number of hydrogen-bond acceptors (Lipinski definition) is 3. The average Bonchev–Trinajstić information content (AvgIpc) is 2.57. The molecule has 1 fully saturated rings. The standard InChI is InChI=1S/C18H17NO3/c20-17-11-16(19(17)12-14-7-3-1-4-8-14)18(21)22-13-15-9-5-2-6-10-15/h1-10,16H,11-13H2. The van der Waals surface area contributed by atoms with Gasteiger partial charge >= 0.3 is 5.97 Å². The molecule has 0 spiro atoms. The van der Waals surface area contributed by atoms with Gasteiger partial charge in [0.15, 0.2) is 0 Å². The van der Waals surface area contributed by atoms with Crippen molar-refractivity contribution in [2.75, 3.05) is 0 Å². The maximum absolute atomic E-state index is 12.1. The maximum atomic E-state index is 12.1. The van der Waals surface area contributed by atoms with Crippen molar-refractivity contribution < 1.29 is 14.3 Å². The topological polar surface area (TPSA) is 46.6 Å². The van der Waals surface area contributed by atoms with Crippen LogP contribution in [0.25, 0.3) is 0 Å². The van der Waals surface area contributed by atoms with Crippen LogP contribution in [0.2, 0.25) is 0 Å². The second-order valence-electron chi connectivity index (χ2n) is 5.32. The quantitative estimate of drug-likeness (QED) is 0.629. The molecular weight excluding hydrogens is 278 g/mol. The number of likely N-dealkylation sites (tertiary alicyclic amines) is 1. The van der Waals surface area contributed by atoms with Crippen LogP contribution in [0.3, 0.4) is 0 Å². The number of ether oxygens (including phenoxy) is 1. The first-order valence-corrected chi connectivity index (χ1v) is 7.28. The molecule has 1 atom stereocenters. The molecule has 0 aliphatic carbocycles. The lowest BCUT2D eigenvalue weighted by molar-refractivity contribution is -0.167. The lowest BCUT2D eigenvalue weighted by Gasteiger charge is -2.38. The summed E-state index contributed by atoms with van der Waals surface area (Å²) < 4.78 is 5.32. The minimum absolute atomic E-state index is 0.00878. The van der Waals surface area contributed by atoms with E-state index in [1.807, 2.05) is 60.7 Å². The number of β-lactam (4-membered cyclic amide) rings is 1. The van der Waals surface area contributed by atoms with Crippen LogP contribution >= 0.6 is 0 Å². The molecule has 4 nitrogen and oxygen atoms in total. The number of amides is 1. The molecule has 0 N–H and O–H groups in total. The third-order valence-electron chi connectivity index (χ3n) is 3.76. The third kappa shape index (κ3) is 3.17. The fraction of sp³-hybridized carbons (Fsp3) is 0.222. The summed E-state index contributed by atoms with van der Waals surface area (Å²) >= 11 is 0. The number of esters is 1. The Bertz CT molecular complexity index is 655. The van der Waals surface area contributed by atoms with Crippen molar-refractivity contribution in [3.63, 3.8) is 0 Å². The fourth-order valence-corrected chi connectivity index (χ4v) is 2.47. The number of carbonyl (C=O) groups excluding carboxylic acids is 2. The molecule has 1 aliphatic heterocycles. The van der Waals surface area contributed by atoms with Crippen molar-refractivity contribution in [1.82, 2.24) is 4.90 Å². The monoisotopic (exact) mass is 295 g/mol. The van der Waals surface area contributed by atoms with E-state index in [9.17, 15) is 9.59 Å². The Labute approximate surface area is 129 Å². The van der Waals surface area contributed by atoms with E-state index in [0.29, 0.717) is 6.54 Å². The molecule has 0 bridgehead atoms. The van der Waals surface area contributed by atoms with E-state index in [1.165, 1.54) is 0 Å². The van der Waals surface area contributed by atoms with Gasteiger partial charge in [-0.1, -0.05) is 60.7 Å². The highest BCUT2D eigenvalue weighted by Crippen LogP contribution is 2.23. The molecule has 1 heterocycles. The highest BCUT2D eigenvalue weighted by atomic mass is 16.5. The maximum Gasteiger partial charge on any atom is 0.329 e. The smallest absolute Gasteiger partial charge is 0.329 e. The van der Waals surface area contributed by atoms with E-state index in [-0.39, 0.29) is 24.9 Å².